The highest BCUT2D eigenvalue weighted by molar-refractivity contribution is 5.89. The number of benzene rings is 1. The van der Waals surface area contributed by atoms with Gasteiger partial charge in [-0.05, 0) is 43.2 Å². The fourth-order valence-corrected chi connectivity index (χ4v) is 3.80. The molecule has 0 bridgehead atoms. The summed E-state index contributed by atoms with van der Waals surface area (Å²) in [6.45, 7) is 0.832. The number of aromatic nitrogens is 2. The number of fused-ring (bicyclic) bond motifs is 1. The van der Waals surface area contributed by atoms with Crippen LogP contribution < -0.4 is 4.90 Å². The highest BCUT2D eigenvalue weighted by Gasteiger charge is 2.27. The zero-order valence-electron chi connectivity index (χ0n) is 14.5. The van der Waals surface area contributed by atoms with Crippen LogP contribution in [-0.4, -0.2) is 27.7 Å². The smallest absolute Gasteiger partial charge is 0.140 e. The van der Waals surface area contributed by atoms with E-state index in [4.69, 9.17) is 4.42 Å². The van der Waals surface area contributed by atoms with E-state index < -0.39 is 6.10 Å². The van der Waals surface area contributed by atoms with E-state index in [0.717, 1.165) is 43.6 Å². The lowest BCUT2D eigenvalue weighted by Crippen LogP contribution is -2.37. The number of hydrogen-bond donors (Lipinski definition) is 1. The van der Waals surface area contributed by atoms with Crippen molar-refractivity contribution >= 4 is 16.7 Å². The van der Waals surface area contributed by atoms with Crippen molar-refractivity contribution in [2.75, 3.05) is 11.4 Å². The highest BCUT2D eigenvalue weighted by Crippen LogP contribution is 2.32. The number of nitrogens with zero attached hydrogens (tertiary/aromatic N) is 3. The Bertz CT molecular complexity index is 869. The first-order valence-corrected chi connectivity index (χ1v) is 9.11. The topological polar surface area (TPSA) is 62.4 Å². The van der Waals surface area contributed by atoms with Crippen molar-refractivity contribution in [3.05, 3.63) is 54.5 Å². The summed E-state index contributed by atoms with van der Waals surface area (Å²) in [6, 6.07) is 8.28. The molecule has 1 aliphatic rings. The summed E-state index contributed by atoms with van der Waals surface area (Å²) in [4.78, 5) is 10.9. The van der Waals surface area contributed by atoms with E-state index in [-0.39, 0.29) is 11.9 Å². The van der Waals surface area contributed by atoms with Crippen molar-refractivity contribution in [3.8, 4) is 0 Å². The van der Waals surface area contributed by atoms with Crippen molar-refractivity contribution in [1.29, 1.82) is 0 Å². The van der Waals surface area contributed by atoms with Crippen LogP contribution in [0.3, 0.4) is 0 Å². The molecule has 0 radical (unpaired) electrons. The maximum atomic E-state index is 13.8. The Morgan fingerprint density at radius 3 is 3.00 bits per heavy atom. The second kappa shape index (κ2) is 7.41. The molecule has 2 unspecified atom stereocenters. The minimum absolute atomic E-state index is 0.110. The molecular formula is C20H22FN3O2. The van der Waals surface area contributed by atoms with E-state index in [1.807, 2.05) is 0 Å². The lowest BCUT2D eigenvalue weighted by atomic mass is 10.0. The fourth-order valence-electron chi connectivity index (χ4n) is 3.80. The molecule has 26 heavy (non-hydrogen) atoms. The summed E-state index contributed by atoms with van der Waals surface area (Å²) >= 11 is 0. The zero-order valence-corrected chi connectivity index (χ0v) is 14.5. The van der Waals surface area contributed by atoms with Gasteiger partial charge in [-0.3, -0.25) is 0 Å². The quantitative estimate of drug-likeness (QED) is 0.759. The van der Waals surface area contributed by atoms with Crippen LogP contribution in [0.5, 0.6) is 0 Å². The zero-order chi connectivity index (χ0) is 17.9. The third kappa shape index (κ3) is 3.42. The second-order valence-corrected chi connectivity index (χ2v) is 6.82. The van der Waals surface area contributed by atoms with Crippen LogP contribution in [-0.2, 0) is 0 Å². The first kappa shape index (κ1) is 17.0. The van der Waals surface area contributed by atoms with Gasteiger partial charge in [0.25, 0.3) is 0 Å². The second-order valence-electron chi connectivity index (χ2n) is 6.82. The van der Waals surface area contributed by atoms with Crippen LogP contribution in [0.1, 0.15) is 44.0 Å². The van der Waals surface area contributed by atoms with Crippen LogP contribution in [0, 0.1) is 5.82 Å². The van der Waals surface area contributed by atoms with Crippen LogP contribution >= 0.6 is 0 Å². The van der Waals surface area contributed by atoms with Gasteiger partial charge in [-0.25, -0.2) is 14.4 Å². The molecule has 1 aliphatic heterocycles. The SMILES string of the molecule is OC(CC1CCCCCN1c1ncnc2ccc(F)cc12)c1ccco1. The van der Waals surface area contributed by atoms with E-state index >= 15 is 0 Å². The predicted octanol–water partition coefficient (Wildman–Crippen LogP) is 4.23. The van der Waals surface area contributed by atoms with Gasteiger partial charge in [-0.2, -0.15) is 0 Å². The van der Waals surface area contributed by atoms with Gasteiger partial charge in [-0.1, -0.05) is 12.8 Å². The van der Waals surface area contributed by atoms with Gasteiger partial charge in [0.15, 0.2) is 0 Å². The third-order valence-electron chi connectivity index (χ3n) is 5.09. The molecular weight excluding hydrogens is 333 g/mol. The van der Waals surface area contributed by atoms with Crippen molar-refractivity contribution in [1.82, 2.24) is 9.97 Å². The number of furan rings is 1. The minimum atomic E-state index is -0.666. The first-order valence-electron chi connectivity index (χ1n) is 9.11. The molecule has 1 fully saturated rings. The summed E-state index contributed by atoms with van der Waals surface area (Å²) in [7, 11) is 0. The van der Waals surface area contributed by atoms with Gasteiger partial charge in [0, 0.05) is 24.4 Å². The van der Waals surface area contributed by atoms with Crippen molar-refractivity contribution < 1.29 is 13.9 Å². The van der Waals surface area contributed by atoms with Gasteiger partial charge in [0.2, 0.25) is 0 Å². The number of rotatable bonds is 4. The van der Waals surface area contributed by atoms with Crippen LogP contribution in [0.4, 0.5) is 10.2 Å². The Balaban J connectivity index is 1.68. The lowest BCUT2D eigenvalue weighted by Gasteiger charge is -2.32. The van der Waals surface area contributed by atoms with Gasteiger partial charge in [0.05, 0.1) is 11.8 Å². The van der Waals surface area contributed by atoms with Crippen molar-refractivity contribution in [2.45, 2.75) is 44.2 Å². The van der Waals surface area contributed by atoms with E-state index in [1.54, 1.807) is 24.5 Å². The molecule has 0 spiro atoms. The third-order valence-corrected chi connectivity index (χ3v) is 5.09. The number of hydrogen-bond acceptors (Lipinski definition) is 5. The van der Waals surface area contributed by atoms with E-state index in [2.05, 4.69) is 14.9 Å². The van der Waals surface area contributed by atoms with Gasteiger partial charge < -0.3 is 14.4 Å². The largest absolute Gasteiger partial charge is 0.467 e. The van der Waals surface area contributed by atoms with Gasteiger partial charge in [0.1, 0.15) is 29.8 Å². The normalized spacial score (nSPS) is 19.5. The molecule has 0 saturated carbocycles. The Morgan fingerprint density at radius 2 is 2.15 bits per heavy atom. The predicted molar refractivity (Wildman–Crippen MR) is 97.4 cm³/mol. The monoisotopic (exact) mass is 355 g/mol. The molecule has 3 heterocycles. The molecule has 1 saturated heterocycles. The Hall–Kier alpha value is -2.47. The molecule has 2 atom stereocenters. The molecule has 1 aromatic carbocycles. The van der Waals surface area contributed by atoms with Crippen molar-refractivity contribution in [2.24, 2.45) is 0 Å². The number of anilines is 1. The van der Waals surface area contributed by atoms with Crippen molar-refractivity contribution in [3.63, 3.8) is 0 Å². The minimum Gasteiger partial charge on any atom is -0.467 e. The number of aliphatic hydroxyl groups is 1. The molecule has 3 aromatic rings. The Kier molecular flexibility index (Phi) is 4.84. The number of halogens is 1. The first-order chi connectivity index (χ1) is 12.7. The standard InChI is InChI=1S/C20H22FN3O2/c21-14-7-8-17-16(11-14)20(23-13-22-17)24-9-3-1-2-5-15(24)12-18(25)19-6-4-10-26-19/h4,6-8,10-11,13,15,18,25H,1-3,5,9,12H2. The molecule has 5 nitrogen and oxygen atoms in total. The van der Waals surface area contributed by atoms with Gasteiger partial charge in [-0.15, -0.1) is 0 Å². The molecule has 6 heteroatoms. The molecule has 4 rings (SSSR count). The molecule has 2 aromatic heterocycles. The molecule has 0 aliphatic carbocycles. The lowest BCUT2D eigenvalue weighted by molar-refractivity contribution is 0.129. The molecule has 0 amide bonds. The Morgan fingerprint density at radius 1 is 1.23 bits per heavy atom. The average Bonchev–Trinajstić information content (AvgIpc) is 3.09. The van der Waals surface area contributed by atoms with E-state index in [1.165, 1.54) is 18.5 Å². The Labute approximate surface area is 151 Å². The summed E-state index contributed by atoms with van der Waals surface area (Å²) in [6.07, 6.45) is 7.23. The maximum Gasteiger partial charge on any atom is 0.140 e. The summed E-state index contributed by atoms with van der Waals surface area (Å²) < 4.78 is 19.2. The molecule has 1 N–H and O–H groups in total. The fraction of sp³-hybridized carbons (Fsp3) is 0.400. The highest BCUT2D eigenvalue weighted by atomic mass is 19.1. The summed E-state index contributed by atoms with van der Waals surface area (Å²) in [5.41, 5.74) is 0.728. The maximum absolute atomic E-state index is 13.8. The van der Waals surface area contributed by atoms with Crippen LogP contribution in [0.15, 0.2) is 47.3 Å². The van der Waals surface area contributed by atoms with Crippen LogP contribution in [0.2, 0.25) is 0 Å². The average molecular weight is 355 g/mol. The van der Waals surface area contributed by atoms with Crippen LogP contribution in [0.25, 0.3) is 10.9 Å². The van der Waals surface area contributed by atoms with E-state index in [9.17, 15) is 9.50 Å². The molecule has 136 valence electrons. The van der Waals surface area contributed by atoms with Gasteiger partial charge >= 0.3 is 0 Å². The summed E-state index contributed by atoms with van der Waals surface area (Å²) in [5.74, 6) is 1.02. The summed E-state index contributed by atoms with van der Waals surface area (Å²) in [5, 5.41) is 11.3. The number of aliphatic hydroxyl groups excluding tert-OH is 1. The van der Waals surface area contributed by atoms with E-state index in [0.29, 0.717) is 17.6 Å².